The third-order valence-corrected chi connectivity index (χ3v) is 3.15. The topological polar surface area (TPSA) is 49.8 Å². The molecule has 1 aromatic rings. The van der Waals surface area contributed by atoms with Gasteiger partial charge in [0.2, 0.25) is 0 Å². The molecule has 0 bridgehead atoms. The van der Waals surface area contributed by atoms with Gasteiger partial charge in [0.15, 0.2) is 0 Å². The molecule has 0 aromatic heterocycles. The molecule has 0 radical (unpaired) electrons. The van der Waals surface area contributed by atoms with Crippen molar-refractivity contribution in [3.8, 4) is 0 Å². The van der Waals surface area contributed by atoms with Gasteiger partial charge in [0, 0.05) is 19.6 Å². The molecule has 1 atom stereocenters. The standard InChI is InChI=1S/C14H19NO3/c1-2-18-14(17)13(10-15-8-12(16)9-15)11-6-4-3-5-7-11/h3-7,12-13,16H,2,8-10H2,1H3. The highest BCUT2D eigenvalue weighted by Gasteiger charge is 2.31. The summed E-state index contributed by atoms with van der Waals surface area (Å²) in [6.45, 7) is 4.10. The van der Waals surface area contributed by atoms with Gasteiger partial charge in [-0.2, -0.15) is 0 Å². The van der Waals surface area contributed by atoms with Gasteiger partial charge in [-0.05, 0) is 12.5 Å². The number of benzene rings is 1. The molecule has 1 aliphatic heterocycles. The van der Waals surface area contributed by atoms with E-state index >= 15 is 0 Å². The number of ether oxygens (including phenoxy) is 1. The summed E-state index contributed by atoms with van der Waals surface area (Å²) in [6, 6.07) is 9.66. The molecule has 1 heterocycles. The molecule has 0 spiro atoms. The molecule has 0 amide bonds. The highest BCUT2D eigenvalue weighted by molar-refractivity contribution is 5.78. The van der Waals surface area contributed by atoms with Crippen molar-refractivity contribution in [1.29, 1.82) is 0 Å². The lowest BCUT2D eigenvalue weighted by Gasteiger charge is -2.37. The maximum Gasteiger partial charge on any atom is 0.314 e. The Labute approximate surface area is 107 Å². The molecule has 1 saturated heterocycles. The normalized spacial score (nSPS) is 18.1. The number of hydrogen-bond donors (Lipinski definition) is 1. The molecule has 0 aliphatic carbocycles. The third kappa shape index (κ3) is 3.09. The average molecular weight is 249 g/mol. The molecule has 98 valence electrons. The molecular weight excluding hydrogens is 230 g/mol. The minimum absolute atomic E-state index is 0.190. The lowest BCUT2D eigenvalue weighted by molar-refractivity contribution is -0.146. The number of aliphatic hydroxyl groups excluding tert-OH is 1. The summed E-state index contributed by atoms with van der Waals surface area (Å²) in [7, 11) is 0. The summed E-state index contributed by atoms with van der Waals surface area (Å²) in [6.07, 6.45) is -0.247. The third-order valence-electron chi connectivity index (χ3n) is 3.15. The van der Waals surface area contributed by atoms with Crippen LogP contribution in [0.1, 0.15) is 18.4 Å². The van der Waals surface area contributed by atoms with Crippen LogP contribution >= 0.6 is 0 Å². The molecule has 4 heteroatoms. The number of nitrogens with zero attached hydrogens (tertiary/aromatic N) is 1. The van der Waals surface area contributed by atoms with Crippen LogP contribution in [0.2, 0.25) is 0 Å². The van der Waals surface area contributed by atoms with Gasteiger partial charge in [-0.15, -0.1) is 0 Å². The first kappa shape index (κ1) is 13.1. The van der Waals surface area contributed by atoms with Crippen molar-refractivity contribution in [2.75, 3.05) is 26.2 Å². The van der Waals surface area contributed by atoms with Crippen LogP contribution in [0.25, 0.3) is 0 Å². The number of carbonyl (C=O) groups is 1. The Kier molecular flexibility index (Phi) is 4.33. The van der Waals surface area contributed by atoms with E-state index in [0.29, 0.717) is 26.2 Å². The number of rotatable bonds is 5. The Morgan fingerprint density at radius 1 is 1.44 bits per heavy atom. The van der Waals surface area contributed by atoms with Crippen LogP contribution in [0.3, 0.4) is 0 Å². The van der Waals surface area contributed by atoms with Crippen LogP contribution in [-0.4, -0.2) is 48.3 Å². The van der Waals surface area contributed by atoms with Gasteiger partial charge in [0.05, 0.1) is 18.6 Å². The van der Waals surface area contributed by atoms with Crippen molar-refractivity contribution in [2.24, 2.45) is 0 Å². The van der Waals surface area contributed by atoms with E-state index < -0.39 is 0 Å². The molecule has 1 aromatic carbocycles. The second-order valence-electron chi connectivity index (χ2n) is 4.59. The van der Waals surface area contributed by atoms with Crippen LogP contribution in [-0.2, 0) is 9.53 Å². The number of aliphatic hydroxyl groups is 1. The van der Waals surface area contributed by atoms with E-state index in [2.05, 4.69) is 4.90 Å². The summed E-state index contributed by atoms with van der Waals surface area (Å²) in [5, 5.41) is 9.29. The number of esters is 1. The van der Waals surface area contributed by atoms with Crippen LogP contribution < -0.4 is 0 Å². The second kappa shape index (κ2) is 5.98. The van der Waals surface area contributed by atoms with Crippen molar-refractivity contribution in [2.45, 2.75) is 18.9 Å². The van der Waals surface area contributed by atoms with Crippen LogP contribution in [0.5, 0.6) is 0 Å². The lowest BCUT2D eigenvalue weighted by Crippen LogP contribution is -2.52. The smallest absolute Gasteiger partial charge is 0.314 e. The summed E-state index contributed by atoms with van der Waals surface area (Å²) < 4.78 is 5.13. The first-order chi connectivity index (χ1) is 8.70. The van der Waals surface area contributed by atoms with E-state index in [1.165, 1.54) is 0 Å². The number of β-amino-alcohol motifs (C(OH)–C–C–N with tert-alkyl or cyclic N) is 1. The summed E-state index contributed by atoms with van der Waals surface area (Å²) in [5.41, 5.74) is 0.970. The predicted molar refractivity (Wildman–Crippen MR) is 68.3 cm³/mol. The Balaban J connectivity index is 2.05. The molecule has 1 unspecified atom stereocenters. The van der Waals surface area contributed by atoms with Crippen LogP contribution in [0, 0.1) is 0 Å². The number of carbonyl (C=O) groups excluding carboxylic acids is 1. The fourth-order valence-electron chi connectivity index (χ4n) is 2.19. The minimum Gasteiger partial charge on any atom is -0.465 e. The summed E-state index contributed by atoms with van der Waals surface area (Å²) >= 11 is 0. The van der Waals surface area contributed by atoms with Gasteiger partial charge in [0.1, 0.15) is 0 Å². The van der Waals surface area contributed by atoms with Gasteiger partial charge in [-0.25, -0.2) is 0 Å². The molecule has 0 saturated carbocycles. The fraction of sp³-hybridized carbons (Fsp3) is 0.500. The van der Waals surface area contributed by atoms with E-state index in [4.69, 9.17) is 4.74 Å². The fourth-order valence-corrected chi connectivity index (χ4v) is 2.19. The van der Waals surface area contributed by atoms with Crippen LogP contribution in [0.4, 0.5) is 0 Å². The molecule has 1 N–H and O–H groups in total. The van der Waals surface area contributed by atoms with E-state index in [-0.39, 0.29) is 18.0 Å². The zero-order valence-corrected chi connectivity index (χ0v) is 10.6. The maximum absolute atomic E-state index is 12.0. The van der Waals surface area contributed by atoms with Gasteiger partial charge >= 0.3 is 5.97 Å². The monoisotopic (exact) mass is 249 g/mol. The largest absolute Gasteiger partial charge is 0.465 e. The molecule has 1 fully saturated rings. The Morgan fingerprint density at radius 2 is 2.11 bits per heavy atom. The summed E-state index contributed by atoms with van der Waals surface area (Å²) in [5.74, 6) is -0.455. The van der Waals surface area contributed by atoms with Gasteiger partial charge in [-0.3, -0.25) is 9.69 Å². The van der Waals surface area contributed by atoms with Crippen molar-refractivity contribution in [1.82, 2.24) is 4.90 Å². The Morgan fingerprint density at radius 3 is 2.67 bits per heavy atom. The Bertz CT molecular complexity index is 387. The quantitative estimate of drug-likeness (QED) is 0.791. The molecular formula is C14H19NO3. The number of likely N-dealkylation sites (tertiary alicyclic amines) is 1. The van der Waals surface area contributed by atoms with Crippen molar-refractivity contribution >= 4 is 5.97 Å². The first-order valence-electron chi connectivity index (χ1n) is 6.32. The predicted octanol–water partition coefficient (Wildman–Crippen LogP) is 1.01. The average Bonchev–Trinajstić information content (AvgIpc) is 2.34. The van der Waals surface area contributed by atoms with E-state index in [1.807, 2.05) is 37.3 Å². The molecule has 4 nitrogen and oxygen atoms in total. The maximum atomic E-state index is 12.0. The van der Waals surface area contributed by atoms with Crippen LogP contribution in [0.15, 0.2) is 30.3 Å². The minimum atomic E-state index is -0.265. The van der Waals surface area contributed by atoms with E-state index in [0.717, 1.165) is 5.56 Å². The molecule has 1 aliphatic rings. The molecule has 18 heavy (non-hydrogen) atoms. The highest BCUT2D eigenvalue weighted by Crippen LogP contribution is 2.21. The zero-order chi connectivity index (χ0) is 13.0. The Hall–Kier alpha value is -1.39. The zero-order valence-electron chi connectivity index (χ0n) is 10.6. The van der Waals surface area contributed by atoms with Gasteiger partial charge < -0.3 is 9.84 Å². The van der Waals surface area contributed by atoms with Crippen molar-refractivity contribution in [3.63, 3.8) is 0 Å². The summed E-state index contributed by atoms with van der Waals surface area (Å²) in [4.78, 5) is 14.1. The second-order valence-corrected chi connectivity index (χ2v) is 4.59. The van der Waals surface area contributed by atoms with Crippen molar-refractivity contribution in [3.05, 3.63) is 35.9 Å². The molecule has 2 rings (SSSR count). The van der Waals surface area contributed by atoms with E-state index in [9.17, 15) is 9.90 Å². The van der Waals surface area contributed by atoms with Crippen molar-refractivity contribution < 1.29 is 14.6 Å². The first-order valence-corrected chi connectivity index (χ1v) is 6.32. The number of hydrogen-bond acceptors (Lipinski definition) is 4. The van der Waals surface area contributed by atoms with Gasteiger partial charge in [-0.1, -0.05) is 30.3 Å². The lowest BCUT2D eigenvalue weighted by atomic mass is 9.97. The highest BCUT2D eigenvalue weighted by atomic mass is 16.5. The van der Waals surface area contributed by atoms with E-state index in [1.54, 1.807) is 0 Å². The van der Waals surface area contributed by atoms with Gasteiger partial charge in [0.25, 0.3) is 0 Å². The SMILES string of the molecule is CCOC(=O)C(CN1CC(O)C1)c1ccccc1.